The first-order valence-electron chi connectivity index (χ1n) is 6.46. The largest absolute Gasteiger partial charge is 0.281 e. The molecule has 0 unspecified atom stereocenters. The van der Waals surface area contributed by atoms with Crippen molar-refractivity contribution in [2.75, 3.05) is 5.88 Å². The van der Waals surface area contributed by atoms with E-state index in [-0.39, 0.29) is 0 Å². The highest BCUT2D eigenvalue weighted by atomic mass is 35.5. The van der Waals surface area contributed by atoms with Crippen molar-refractivity contribution < 1.29 is 4.39 Å². The minimum Gasteiger partial charge on any atom is -0.281 e. The van der Waals surface area contributed by atoms with Gasteiger partial charge in [-0.05, 0) is 37.3 Å². The topological polar surface area (TPSA) is 30.7 Å². The van der Waals surface area contributed by atoms with Gasteiger partial charge in [-0.2, -0.15) is 0 Å². The molecule has 0 bridgehead atoms. The average molecular weight is 324 g/mol. The number of alkyl halides is 1. The zero-order valence-corrected chi connectivity index (χ0v) is 12.8. The van der Waals surface area contributed by atoms with Crippen LogP contribution in [0, 0.1) is 12.7 Å². The maximum Gasteiger partial charge on any atom is 0.164 e. The number of aromatic nitrogens is 3. The number of hydrogen-bond donors (Lipinski definition) is 0. The van der Waals surface area contributed by atoms with Gasteiger partial charge in [0.15, 0.2) is 5.65 Å². The summed E-state index contributed by atoms with van der Waals surface area (Å²) in [5.74, 6) is 0.759. The molecule has 3 nitrogen and oxygen atoms in total. The van der Waals surface area contributed by atoms with Crippen LogP contribution in [-0.4, -0.2) is 20.4 Å². The maximum absolute atomic E-state index is 13.7. The molecular formula is C15H12Cl2FN3. The van der Waals surface area contributed by atoms with Crippen molar-refractivity contribution >= 4 is 34.4 Å². The summed E-state index contributed by atoms with van der Waals surface area (Å²) in [6.45, 7) is 1.90. The molecule has 3 rings (SSSR count). The quantitative estimate of drug-likeness (QED) is 0.673. The lowest BCUT2D eigenvalue weighted by molar-refractivity contribution is 0.626. The van der Waals surface area contributed by atoms with E-state index in [9.17, 15) is 4.39 Å². The first-order valence-corrected chi connectivity index (χ1v) is 7.37. The molecule has 108 valence electrons. The number of fused-ring (bicyclic) bond motifs is 1. The minimum atomic E-state index is -0.399. The van der Waals surface area contributed by atoms with E-state index in [2.05, 4.69) is 9.97 Å². The first kappa shape index (κ1) is 14.3. The Bertz CT molecular complexity index is 794. The Kier molecular flexibility index (Phi) is 3.83. The highest BCUT2D eigenvalue weighted by Gasteiger charge is 2.14. The molecule has 0 amide bonds. The van der Waals surface area contributed by atoms with E-state index in [1.807, 2.05) is 19.1 Å². The molecule has 0 N–H and O–H groups in total. The Balaban J connectivity index is 2.32. The fraction of sp³-hybridized carbons (Fsp3) is 0.200. The van der Waals surface area contributed by atoms with E-state index in [0.717, 1.165) is 17.0 Å². The van der Waals surface area contributed by atoms with Gasteiger partial charge >= 0.3 is 0 Å². The van der Waals surface area contributed by atoms with Crippen molar-refractivity contribution in [3.63, 3.8) is 0 Å². The number of aryl methyl sites for hydroxylation is 2. The second-order valence-electron chi connectivity index (χ2n) is 4.73. The average Bonchev–Trinajstić information content (AvgIpc) is 2.75. The number of pyridine rings is 1. The predicted octanol–water partition coefficient (Wildman–Crippen LogP) is 4.30. The fourth-order valence-electron chi connectivity index (χ4n) is 2.29. The third kappa shape index (κ3) is 2.74. The normalized spacial score (nSPS) is 11.2. The standard InChI is InChI=1S/C15H12Cl2FN3/c1-9-2-3-13-15(19-9)21(14(20-13)4-5-16)12-7-10(17)6-11(18)8-12/h2-3,6-8H,4-5H2,1H3. The lowest BCUT2D eigenvalue weighted by atomic mass is 10.3. The molecular weight excluding hydrogens is 312 g/mol. The zero-order chi connectivity index (χ0) is 15.0. The van der Waals surface area contributed by atoms with Gasteiger partial charge in [-0.3, -0.25) is 4.57 Å². The molecule has 1 aromatic carbocycles. The molecule has 0 saturated heterocycles. The lowest BCUT2D eigenvalue weighted by Gasteiger charge is -2.09. The van der Waals surface area contributed by atoms with Gasteiger partial charge in [-0.1, -0.05) is 11.6 Å². The number of nitrogens with zero attached hydrogens (tertiary/aromatic N) is 3. The summed E-state index contributed by atoms with van der Waals surface area (Å²) in [4.78, 5) is 9.04. The number of imidazole rings is 1. The second kappa shape index (κ2) is 5.62. The van der Waals surface area contributed by atoms with Crippen LogP contribution in [0.2, 0.25) is 5.02 Å². The van der Waals surface area contributed by atoms with E-state index < -0.39 is 5.82 Å². The predicted molar refractivity (Wildman–Crippen MR) is 83.0 cm³/mol. The molecule has 3 aromatic rings. The summed E-state index contributed by atoms with van der Waals surface area (Å²) in [5, 5.41) is 0.330. The van der Waals surface area contributed by atoms with Crippen LogP contribution in [0.3, 0.4) is 0 Å². The summed E-state index contributed by atoms with van der Waals surface area (Å²) < 4.78 is 15.5. The lowest BCUT2D eigenvalue weighted by Crippen LogP contribution is -2.03. The van der Waals surface area contributed by atoms with E-state index in [4.69, 9.17) is 23.2 Å². The Labute approximate surface area is 131 Å². The summed E-state index contributed by atoms with van der Waals surface area (Å²) >= 11 is 11.8. The van der Waals surface area contributed by atoms with Crippen LogP contribution in [-0.2, 0) is 6.42 Å². The molecule has 0 saturated carbocycles. The number of halogens is 3. The SMILES string of the molecule is Cc1ccc2nc(CCCl)n(-c3cc(F)cc(Cl)c3)c2n1. The Morgan fingerprint density at radius 3 is 2.71 bits per heavy atom. The van der Waals surface area contributed by atoms with Crippen molar-refractivity contribution in [2.45, 2.75) is 13.3 Å². The maximum atomic E-state index is 13.7. The van der Waals surface area contributed by atoms with Crippen LogP contribution in [0.5, 0.6) is 0 Å². The third-order valence-electron chi connectivity index (χ3n) is 3.14. The molecule has 0 aliphatic carbocycles. The molecule has 0 radical (unpaired) electrons. The highest BCUT2D eigenvalue weighted by molar-refractivity contribution is 6.30. The van der Waals surface area contributed by atoms with Crippen LogP contribution in [0.15, 0.2) is 30.3 Å². The molecule has 0 spiro atoms. The minimum absolute atomic E-state index is 0.330. The monoisotopic (exact) mass is 323 g/mol. The van der Waals surface area contributed by atoms with Crippen molar-refractivity contribution in [1.29, 1.82) is 0 Å². The van der Waals surface area contributed by atoms with Gasteiger partial charge in [-0.15, -0.1) is 11.6 Å². The summed E-state index contributed by atoms with van der Waals surface area (Å²) in [5.41, 5.74) is 2.89. The number of benzene rings is 1. The van der Waals surface area contributed by atoms with Gasteiger partial charge in [0.1, 0.15) is 17.2 Å². The first-order chi connectivity index (χ1) is 10.1. The third-order valence-corrected chi connectivity index (χ3v) is 3.54. The zero-order valence-electron chi connectivity index (χ0n) is 11.3. The molecule has 6 heteroatoms. The molecule has 21 heavy (non-hydrogen) atoms. The van der Waals surface area contributed by atoms with Gasteiger partial charge in [0.25, 0.3) is 0 Å². The molecule has 2 heterocycles. The molecule has 0 aliphatic heterocycles. The second-order valence-corrected chi connectivity index (χ2v) is 5.54. The van der Waals surface area contributed by atoms with Crippen molar-refractivity contribution in [3.05, 3.63) is 52.7 Å². The Hall–Kier alpha value is -1.65. The van der Waals surface area contributed by atoms with E-state index in [1.165, 1.54) is 12.1 Å². The number of hydrogen-bond acceptors (Lipinski definition) is 2. The molecule has 0 atom stereocenters. The molecule has 2 aromatic heterocycles. The fourth-order valence-corrected chi connectivity index (χ4v) is 2.68. The Morgan fingerprint density at radius 1 is 1.19 bits per heavy atom. The summed E-state index contributed by atoms with van der Waals surface area (Å²) in [6, 6.07) is 8.15. The van der Waals surface area contributed by atoms with Crippen LogP contribution >= 0.6 is 23.2 Å². The van der Waals surface area contributed by atoms with Crippen molar-refractivity contribution in [1.82, 2.24) is 14.5 Å². The van der Waals surface area contributed by atoms with Crippen molar-refractivity contribution in [3.8, 4) is 5.69 Å². The van der Waals surface area contributed by atoms with Gasteiger partial charge in [0, 0.05) is 23.0 Å². The molecule has 0 fully saturated rings. The van der Waals surface area contributed by atoms with Gasteiger partial charge in [0.05, 0.1) is 5.69 Å². The molecule has 0 aliphatic rings. The smallest absolute Gasteiger partial charge is 0.164 e. The summed E-state index contributed by atoms with van der Waals surface area (Å²) in [6.07, 6.45) is 0.561. The van der Waals surface area contributed by atoms with E-state index in [0.29, 0.717) is 28.7 Å². The van der Waals surface area contributed by atoms with Gasteiger partial charge in [0.2, 0.25) is 0 Å². The number of rotatable bonds is 3. The van der Waals surface area contributed by atoms with E-state index >= 15 is 0 Å². The van der Waals surface area contributed by atoms with Gasteiger partial charge in [-0.25, -0.2) is 14.4 Å². The van der Waals surface area contributed by atoms with Crippen LogP contribution < -0.4 is 0 Å². The van der Waals surface area contributed by atoms with Crippen LogP contribution in [0.25, 0.3) is 16.9 Å². The van der Waals surface area contributed by atoms with Gasteiger partial charge < -0.3 is 0 Å². The highest BCUT2D eigenvalue weighted by Crippen LogP contribution is 2.24. The summed E-state index contributed by atoms with van der Waals surface area (Å²) in [7, 11) is 0. The Morgan fingerprint density at radius 2 is 2.00 bits per heavy atom. The van der Waals surface area contributed by atoms with Crippen molar-refractivity contribution in [2.24, 2.45) is 0 Å². The van der Waals surface area contributed by atoms with Crippen LogP contribution in [0.4, 0.5) is 4.39 Å². The van der Waals surface area contributed by atoms with E-state index in [1.54, 1.807) is 10.6 Å². The van der Waals surface area contributed by atoms with Crippen LogP contribution in [0.1, 0.15) is 11.5 Å².